The van der Waals surface area contributed by atoms with E-state index in [0.29, 0.717) is 31.1 Å². The van der Waals surface area contributed by atoms with Crippen LogP contribution >= 0.6 is 0 Å². The van der Waals surface area contributed by atoms with Gasteiger partial charge in [-0.2, -0.15) is 0 Å². The van der Waals surface area contributed by atoms with Crippen LogP contribution in [-0.2, 0) is 11.3 Å². The summed E-state index contributed by atoms with van der Waals surface area (Å²) in [5.74, 6) is 1.53. The van der Waals surface area contributed by atoms with Crippen LogP contribution in [0.2, 0.25) is 0 Å². The second-order valence-corrected chi connectivity index (χ2v) is 6.90. The van der Waals surface area contributed by atoms with Crippen molar-refractivity contribution in [3.05, 3.63) is 59.2 Å². The predicted octanol–water partition coefficient (Wildman–Crippen LogP) is 4.76. The summed E-state index contributed by atoms with van der Waals surface area (Å²) in [5.41, 5.74) is 2.65. The molecule has 0 fully saturated rings. The Bertz CT molecular complexity index is 756. The van der Waals surface area contributed by atoms with Crippen molar-refractivity contribution in [3.8, 4) is 11.5 Å². The van der Waals surface area contributed by atoms with Crippen molar-refractivity contribution in [1.29, 1.82) is 0 Å². The van der Waals surface area contributed by atoms with Gasteiger partial charge >= 0.3 is 0 Å². The number of hydrogen-bond acceptors (Lipinski definition) is 4. The highest BCUT2D eigenvalue weighted by molar-refractivity contribution is 5.94. The van der Waals surface area contributed by atoms with E-state index in [9.17, 15) is 4.79 Å². The molecule has 2 rings (SSSR count). The Kier molecular flexibility index (Phi) is 8.33. The van der Waals surface area contributed by atoms with E-state index in [0.717, 1.165) is 16.9 Å². The maximum absolute atomic E-state index is 12.8. The molecule has 5 heteroatoms. The summed E-state index contributed by atoms with van der Waals surface area (Å²) in [5, 5.41) is 3.15. The highest BCUT2D eigenvalue weighted by atomic mass is 16.5. The van der Waals surface area contributed by atoms with Crippen LogP contribution in [0.4, 0.5) is 0 Å². The number of methoxy groups -OCH3 is 1. The third-order valence-electron chi connectivity index (χ3n) is 4.41. The standard InChI is InChI=1S/C23H31NO4/c1-6-27-20-13-12-19(14-21(20)28-7-2)22(16(3)4)24-23(25)18-10-8-17(9-11-18)15-26-5/h8-14,16,22H,6-7,15H2,1-5H3,(H,24,25). The summed E-state index contributed by atoms with van der Waals surface area (Å²) in [7, 11) is 1.65. The number of ether oxygens (including phenoxy) is 3. The second kappa shape index (κ2) is 10.7. The van der Waals surface area contributed by atoms with E-state index >= 15 is 0 Å². The molecule has 1 amide bonds. The van der Waals surface area contributed by atoms with Crippen molar-refractivity contribution in [3.63, 3.8) is 0 Å². The zero-order chi connectivity index (χ0) is 20.5. The lowest BCUT2D eigenvalue weighted by Gasteiger charge is -2.24. The molecule has 0 saturated carbocycles. The summed E-state index contributed by atoms with van der Waals surface area (Å²) in [6.07, 6.45) is 0. The molecule has 0 aliphatic rings. The Labute approximate surface area is 168 Å². The molecule has 0 aromatic heterocycles. The topological polar surface area (TPSA) is 56.8 Å². The summed E-state index contributed by atoms with van der Waals surface area (Å²) in [6, 6.07) is 13.2. The normalized spacial score (nSPS) is 11.9. The van der Waals surface area contributed by atoms with Gasteiger partial charge in [0.15, 0.2) is 11.5 Å². The number of carbonyl (C=O) groups excluding carboxylic acids is 1. The lowest BCUT2D eigenvalue weighted by atomic mass is 9.95. The quantitative estimate of drug-likeness (QED) is 0.641. The molecule has 2 aromatic carbocycles. The molecule has 2 aromatic rings. The van der Waals surface area contributed by atoms with E-state index in [-0.39, 0.29) is 17.9 Å². The molecule has 28 heavy (non-hydrogen) atoms. The van der Waals surface area contributed by atoms with E-state index in [1.807, 2.05) is 56.3 Å². The van der Waals surface area contributed by atoms with Gasteiger partial charge in [0.05, 0.1) is 25.9 Å². The Morgan fingerprint density at radius 2 is 1.61 bits per heavy atom. The molecule has 1 atom stereocenters. The van der Waals surface area contributed by atoms with Gasteiger partial charge in [0.1, 0.15) is 0 Å². The number of hydrogen-bond donors (Lipinski definition) is 1. The molecule has 0 aliphatic heterocycles. The van der Waals surface area contributed by atoms with Crippen molar-refractivity contribution in [2.45, 2.75) is 40.3 Å². The minimum atomic E-state index is -0.138. The van der Waals surface area contributed by atoms with E-state index in [2.05, 4.69) is 19.2 Å². The van der Waals surface area contributed by atoms with Gasteiger partial charge in [-0.05, 0) is 55.2 Å². The molecule has 1 N–H and O–H groups in total. The SMILES string of the molecule is CCOc1ccc(C(NC(=O)c2ccc(COC)cc2)C(C)C)cc1OCC. The summed E-state index contributed by atoms with van der Waals surface area (Å²) in [6.45, 7) is 9.71. The maximum atomic E-state index is 12.8. The van der Waals surface area contributed by atoms with E-state index < -0.39 is 0 Å². The molecule has 0 spiro atoms. The van der Waals surface area contributed by atoms with Crippen LogP contribution in [0.15, 0.2) is 42.5 Å². The molecule has 0 heterocycles. The van der Waals surface area contributed by atoms with E-state index in [1.54, 1.807) is 7.11 Å². The molecular weight excluding hydrogens is 354 g/mol. The Balaban J connectivity index is 2.22. The fourth-order valence-corrected chi connectivity index (χ4v) is 3.04. The van der Waals surface area contributed by atoms with Crippen LogP contribution in [0, 0.1) is 5.92 Å². The Morgan fingerprint density at radius 3 is 2.18 bits per heavy atom. The number of carbonyl (C=O) groups is 1. The largest absolute Gasteiger partial charge is 0.490 e. The first-order valence-electron chi connectivity index (χ1n) is 9.78. The summed E-state index contributed by atoms with van der Waals surface area (Å²) in [4.78, 5) is 12.8. The van der Waals surface area contributed by atoms with Gasteiger partial charge in [-0.3, -0.25) is 4.79 Å². The fraction of sp³-hybridized carbons (Fsp3) is 0.435. The van der Waals surface area contributed by atoms with E-state index in [1.165, 1.54) is 0 Å². The number of rotatable bonds is 10. The highest BCUT2D eigenvalue weighted by Crippen LogP contribution is 2.33. The first-order valence-corrected chi connectivity index (χ1v) is 9.78. The minimum Gasteiger partial charge on any atom is -0.490 e. The van der Waals surface area contributed by atoms with Crippen molar-refractivity contribution in [1.82, 2.24) is 5.32 Å². The van der Waals surface area contributed by atoms with Crippen LogP contribution in [0.1, 0.15) is 55.2 Å². The predicted molar refractivity (Wildman–Crippen MR) is 111 cm³/mol. The van der Waals surface area contributed by atoms with Crippen LogP contribution < -0.4 is 14.8 Å². The molecule has 1 unspecified atom stereocenters. The minimum absolute atomic E-state index is 0.102. The summed E-state index contributed by atoms with van der Waals surface area (Å²) >= 11 is 0. The Morgan fingerprint density at radius 1 is 0.964 bits per heavy atom. The molecule has 0 saturated heterocycles. The number of nitrogens with one attached hydrogen (secondary N) is 1. The zero-order valence-electron chi connectivity index (χ0n) is 17.5. The van der Waals surface area contributed by atoms with Gasteiger partial charge in [0.2, 0.25) is 0 Å². The van der Waals surface area contributed by atoms with Crippen molar-refractivity contribution in [2.75, 3.05) is 20.3 Å². The van der Waals surface area contributed by atoms with Gasteiger partial charge in [0.25, 0.3) is 5.91 Å². The smallest absolute Gasteiger partial charge is 0.251 e. The molecule has 152 valence electrons. The lowest BCUT2D eigenvalue weighted by Crippen LogP contribution is -2.31. The third kappa shape index (κ3) is 5.73. The first kappa shape index (κ1) is 21.8. The summed E-state index contributed by atoms with van der Waals surface area (Å²) < 4.78 is 16.5. The van der Waals surface area contributed by atoms with Crippen molar-refractivity contribution >= 4 is 5.91 Å². The van der Waals surface area contributed by atoms with Gasteiger partial charge < -0.3 is 19.5 Å². The second-order valence-electron chi connectivity index (χ2n) is 6.90. The van der Waals surface area contributed by atoms with Crippen LogP contribution in [0.5, 0.6) is 11.5 Å². The molecule has 0 aliphatic carbocycles. The molecule has 0 radical (unpaired) electrons. The molecule has 5 nitrogen and oxygen atoms in total. The number of benzene rings is 2. The van der Waals surface area contributed by atoms with Gasteiger partial charge in [-0.1, -0.05) is 32.0 Å². The van der Waals surface area contributed by atoms with Crippen LogP contribution in [0.25, 0.3) is 0 Å². The number of amides is 1. The van der Waals surface area contributed by atoms with Gasteiger partial charge in [-0.15, -0.1) is 0 Å². The van der Waals surface area contributed by atoms with Crippen molar-refractivity contribution in [2.24, 2.45) is 5.92 Å². The zero-order valence-corrected chi connectivity index (χ0v) is 17.5. The maximum Gasteiger partial charge on any atom is 0.251 e. The molecular formula is C23H31NO4. The average Bonchev–Trinajstić information content (AvgIpc) is 2.68. The van der Waals surface area contributed by atoms with Crippen LogP contribution in [-0.4, -0.2) is 26.2 Å². The van der Waals surface area contributed by atoms with Crippen molar-refractivity contribution < 1.29 is 19.0 Å². The van der Waals surface area contributed by atoms with E-state index in [4.69, 9.17) is 14.2 Å². The van der Waals surface area contributed by atoms with Gasteiger partial charge in [0, 0.05) is 12.7 Å². The average molecular weight is 386 g/mol. The molecule has 0 bridgehead atoms. The van der Waals surface area contributed by atoms with Crippen LogP contribution in [0.3, 0.4) is 0 Å². The first-order chi connectivity index (χ1) is 13.5. The fourth-order valence-electron chi connectivity index (χ4n) is 3.04. The monoisotopic (exact) mass is 385 g/mol. The Hall–Kier alpha value is -2.53. The third-order valence-corrected chi connectivity index (χ3v) is 4.41. The highest BCUT2D eigenvalue weighted by Gasteiger charge is 2.21. The van der Waals surface area contributed by atoms with Gasteiger partial charge in [-0.25, -0.2) is 0 Å². The lowest BCUT2D eigenvalue weighted by molar-refractivity contribution is 0.0925.